The summed E-state index contributed by atoms with van der Waals surface area (Å²) in [4.78, 5) is 24.5. The first-order valence-corrected chi connectivity index (χ1v) is 14.1. The van der Waals surface area contributed by atoms with Crippen LogP contribution in [0.15, 0.2) is 60.7 Å². The number of aryl methyl sites for hydroxylation is 1. The molecule has 1 aliphatic rings. The third-order valence-electron chi connectivity index (χ3n) is 7.62. The van der Waals surface area contributed by atoms with Gasteiger partial charge in [0.1, 0.15) is 11.5 Å². The molecule has 0 bridgehead atoms. The number of unbranched alkanes of at least 4 members (excludes halogenated alkanes) is 2. The second kappa shape index (κ2) is 14.8. The smallest absolute Gasteiger partial charge is 0.341 e. The van der Waals surface area contributed by atoms with Gasteiger partial charge < -0.3 is 19.7 Å². The van der Waals surface area contributed by atoms with E-state index in [4.69, 9.17) is 9.47 Å². The molecular formula is C33H42O6. The van der Waals surface area contributed by atoms with Crippen molar-refractivity contribution in [2.75, 3.05) is 13.2 Å². The predicted molar refractivity (Wildman–Crippen MR) is 154 cm³/mol. The lowest BCUT2D eigenvalue weighted by Crippen LogP contribution is -2.15. The highest BCUT2D eigenvalue weighted by molar-refractivity contribution is 5.91. The molecule has 0 unspecified atom stereocenters. The Hall–Kier alpha value is -3.22. The van der Waals surface area contributed by atoms with Crippen LogP contribution in [0.2, 0.25) is 0 Å². The fourth-order valence-corrected chi connectivity index (χ4v) is 5.28. The molecule has 0 aromatic heterocycles. The molecule has 0 atom stereocenters. The normalized spacial score (nSPS) is 16.9. The van der Waals surface area contributed by atoms with E-state index in [2.05, 4.69) is 45.2 Å². The fourth-order valence-electron chi connectivity index (χ4n) is 5.28. The van der Waals surface area contributed by atoms with Crippen LogP contribution >= 0.6 is 0 Å². The van der Waals surface area contributed by atoms with Gasteiger partial charge in [-0.25, -0.2) is 9.59 Å². The van der Waals surface area contributed by atoms with Crippen molar-refractivity contribution in [1.82, 2.24) is 0 Å². The van der Waals surface area contributed by atoms with E-state index in [0.29, 0.717) is 11.5 Å². The Morgan fingerprint density at radius 1 is 0.821 bits per heavy atom. The highest BCUT2D eigenvalue weighted by Crippen LogP contribution is 2.40. The Labute approximate surface area is 232 Å². The molecule has 0 saturated heterocycles. The second-order valence-electron chi connectivity index (χ2n) is 10.5. The lowest BCUT2D eigenvalue weighted by atomic mass is 9.75. The summed E-state index contributed by atoms with van der Waals surface area (Å²) in [5.41, 5.74) is 4.11. The van der Waals surface area contributed by atoms with Gasteiger partial charge in [-0.2, -0.15) is 0 Å². The molecule has 2 aromatic carbocycles. The number of aliphatic hydroxyl groups excluding tert-OH is 2. The Morgan fingerprint density at radius 3 is 1.92 bits per heavy atom. The van der Waals surface area contributed by atoms with E-state index in [1.807, 2.05) is 0 Å². The van der Waals surface area contributed by atoms with Crippen LogP contribution in [0.1, 0.15) is 82.3 Å². The molecule has 0 aliphatic heterocycles. The molecule has 0 radical (unpaired) electrons. The molecule has 0 amide bonds. The van der Waals surface area contributed by atoms with Crippen LogP contribution in [0.25, 0.3) is 11.1 Å². The number of hydrogen-bond acceptors (Lipinski definition) is 6. The highest BCUT2D eigenvalue weighted by Gasteiger charge is 2.24. The van der Waals surface area contributed by atoms with Crippen molar-refractivity contribution in [2.45, 2.75) is 77.6 Å². The number of carbonyl (C=O) groups is 2. The third-order valence-corrected chi connectivity index (χ3v) is 7.62. The second-order valence-corrected chi connectivity index (χ2v) is 10.5. The number of aliphatic hydroxyl groups is 2. The van der Waals surface area contributed by atoms with Crippen molar-refractivity contribution in [3.8, 4) is 22.6 Å². The number of benzene rings is 2. The first-order valence-electron chi connectivity index (χ1n) is 14.1. The topological polar surface area (TPSA) is 93.1 Å². The van der Waals surface area contributed by atoms with E-state index in [1.165, 1.54) is 68.6 Å². The minimum Gasteiger partial charge on any atom is -0.423 e. The summed E-state index contributed by atoms with van der Waals surface area (Å²) in [5, 5.41) is 18.5. The van der Waals surface area contributed by atoms with Crippen molar-refractivity contribution in [3.63, 3.8) is 0 Å². The van der Waals surface area contributed by atoms with E-state index in [-0.39, 0.29) is 22.6 Å². The number of hydrogen-bond donors (Lipinski definition) is 2. The van der Waals surface area contributed by atoms with E-state index in [0.717, 1.165) is 17.9 Å². The van der Waals surface area contributed by atoms with Crippen LogP contribution in [0.4, 0.5) is 0 Å². The Morgan fingerprint density at radius 2 is 1.41 bits per heavy atom. The molecule has 1 saturated carbocycles. The molecule has 2 aromatic rings. The molecule has 3 rings (SSSR count). The number of ether oxygens (including phenoxy) is 2. The van der Waals surface area contributed by atoms with E-state index in [9.17, 15) is 19.8 Å². The predicted octanol–water partition coefficient (Wildman–Crippen LogP) is 6.68. The zero-order chi connectivity index (χ0) is 28.4. The van der Waals surface area contributed by atoms with Crippen LogP contribution in [-0.2, 0) is 16.0 Å². The van der Waals surface area contributed by atoms with Crippen molar-refractivity contribution in [3.05, 3.63) is 71.8 Å². The molecule has 0 heterocycles. The maximum absolute atomic E-state index is 12.3. The van der Waals surface area contributed by atoms with E-state index >= 15 is 0 Å². The van der Waals surface area contributed by atoms with Gasteiger partial charge in [-0.3, -0.25) is 0 Å². The largest absolute Gasteiger partial charge is 0.423 e. The number of rotatable bonds is 13. The number of carbonyl (C=O) groups excluding carboxylic acids is 2. The van der Waals surface area contributed by atoms with E-state index in [1.54, 1.807) is 12.1 Å². The SMILES string of the molecule is C=C(CO)C(=O)Oc1cc(OC(=O)C(=C)CO)cc(-c2ccc(C3CCC(CCCCC)CC3)c(CC)c2)c1. The van der Waals surface area contributed by atoms with Gasteiger partial charge in [-0.15, -0.1) is 0 Å². The van der Waals surface area contributed by atoms with Gasteiger partial charge in [0.15, 0.2) is 0 Å². The summed E-state index contributed by atoms with van der Waals surface area (Å²) in [6.07, 6.45) is 11.2. The van der Waals surface area contributed by atoms with Gasteiger partial charge in [-0.1, -0.05) is 70.9 Å². The van der Waals surface area contributed by atoms with E-state index < -0.39 is 25.2 Å². The van der Waals surface area contributed by atoms with Crippen molar-refractivity contribution in [1.29, 1.82) is 0 Å². The van der Waals surface area contributed by atoms with Gasteiger partial charge in [0.25, 0.3) is 0 Å². The zero-order valence-electron chi connectivity index (χ0n) is 23.3. The summed E-state index contributed by atoms with van der Waals surface area (Å²) < 4.78 is 10.8. The van der Waals surface area contributed by atoms with Crippen LogP contribution < -0.4 is 9.47 Å². The third kappa shape index (κ3) is 8.38. The summed E-state index contributed by atoms with van der Waals surface area (Å²) in [5.74, 6) is 0.158. The standard InChI is InChI=1S/C33H42O6/c1-5-7-8-9-24-10-12-26(13-11-24)31-15-14-27(16-25(31)6-2)28-17-29(38-32(36)22(3)20-34)19-30(18-28)39-33(37)23(4)21-35/h14-19,24,26,34-35H,3-13,20-21H2,1-2H3. The molecule has 2 N–H and O–H groups in total. The summed E-state index contributed by atoms with van der Waals surface area (Å²) in [6.45, 7) is 10.4. The Kier molecular flexibility index (Phi) is 11.5. The maximum Gasteiger partial charge on any atom is 0.341 e. The molecule has 1 aliphatic carbocycles. The number of esters is 2. The Bertz CT molecular complexity index is 1120. The molecule has 39 heavy (non-hydrogen) atoms. The van der Waals surface area contributed by atoms with Crippen molar-refractivity contribution >= 4 is 11.9 Å². The maximum atomic E-state index is 12.3. The fraction of sp³-hybridized carbons (Fsp3) is 0.455. The molecule has 0 spiro atoms. The molecule has 210 valence electrons. The molecule has 6 heteroatoms. The zero-order valence-corrected chi connectivity index (χ0v) is 23.3. The van der Waals surface area contributed by atoms with Crippen LogP contribution in [0.3, 0.4) is 0 Å². The summed E-state index contributed by atoms with van der Waals surface area (Å²) in [7, 11) is 0. The average molecular weight is 535 g/mol. The molecule has 6 nitrogen and oxygen atoms in total. The van der Waals surface area contributed by atoms with Gasteiger partial charge >= 0.3 is 11.9 Å². The molecular weight excluding hydrogens is 492 g/mol. The summed E-state index contributed by atoms with van der Waals surface area (Å²) >= 11 is 0. The monoisotopic (exact) mass is 534 g/mol. The van der Waals surface area contributed by atoms with Gasteiger partial charge in [0, 0.05) is 6.07 Å². The lowest BCUT2D eigenvalue weighted by molar-refractivity contribution is -0.131. The van der Waals surface area contributed by atoms with Crippen LogP contribution in [0.5, 0.6) is 11.5 Å². The van der Waals surface area contributed by atoms with Gasteiger partial charge in [0.05, 0.1) is 24.4 Å². The van der Waals surface area contributed by atoms with Crippen molar-refractivity contribution in [2.24, 2.45) is 5.92 Å². The minimum absolute atomic E-state index is 0.0923. The first kappa shape index (κ1) is 30.3. The quantitative estimate of drug-likeness (QED) is 0.129. The highest BCUT2D eigenvalue weighted by atomic mass is 16.5. The minimum atomic E-state index is -0.776. The van der Waals surface area contributed by atoms with Crippen LogP contribution in [0, 0.1) is 5.92 Å². The van der Waals surface area contributed by atoms with Crippen LogP contribution in [-0.4, -0.2) is 35.4 Å². The first-order chi connectivity index (χ1) is 18.8. The Balaban J connectivity index is 1.87. The van der Waals surface area contributed by atoms with Gasteiger partial charge in [-0.05, 0) is 78.3 Å². The van der Waals surface area contributed by atoms with Gasteiger partial charge in [0.2, 0.25) is 0 Å². The summed E-state index contributed by atoms with van der Waals surface area (Å²) in [6, 6.07) is 11.2. The molecule has 1 fully saturated rings. The van der Waals surface area contributed by atoms with Crippen molar-refractivity contribution < 1.29 is 29.3 Å². The average Bonchev–Trinajstić information content (AvgIpc) is 2.96. The lowest BCUT2D eigenvalue weighted by Gasteiger charge is -2.30.